The van der Waals surface area contributed by atoms with E-state index in [1.807, 2.05) is 18.2 Å². The molecule has 1 amide bonds. The Morgan fingerprint density at radius 2 is 2.23 bits per heavy atom. The summed E-state index contributed by atoms with van der Waals surface area (Å²) in [5, 5.41) is 6.12. The molecule has 0 saturated carbocycles. The highest BCUT2D eigenvalue weighted by Crippen LogP contribution is 2.34. The van der Waals surface area contributed by atoms with Crippen LogP contribution in [0.4, 0.5) is 4.39 Å². The zero-order chi connectivity index (χ0) is 15.4. The first-order chi connectivity index (χ1) is 10.7. The molecule has 1 fully saturated rings. The second-order valence-electron chi connectivity index (χ2n) is 5.93. The topological polar surface area (TPSA) is 50.4 Å². The Bertz CT molecular complexity index is 568. The quantitative estimate of drug-likeness (QED) is 0.829. The van der Waals surface area contributed by atoms with E-state index >= 15 is 0 Å². The van der Waals surface area contributed by atoms with Crippen LogP contribution in [0.15, 0.2) is 36.4 Å². The maximum atomic E-state index is 13.6. The lowest BCUT2D eigenvalue weighted by atomic mass is 9.74. The molecular formula is C17H21FN2O2. The van der Waals surface area contributed by atoms with Gasteiger partial charge in [0.25, 0.3) is 0 Å². The van der Waals surface area contributed by atoms with Gasteiger partial charge >= 0.3 is 0 Å². The fourth-order valence-electron chi connectivity index (χ4n) is 3.16. The summed E-state index contributed by atoms with van der Waals surface area (Å²) in [6.07, 6.45) is 5.38. The molecule has 2 N–H and O–H groups in total. The largest absolute Gasteiger partial charge is 0.381 e. The van der Waals surface area contributed by atoms with Gasteiger partial charge in [-0.2, -0.15) is 0 Å². The zero-order valence-corrected chi connectivity index (χ0v) is 12.5. The molecule has 4 nitrogen and oxygen atoms in total. The van der Waals surface area contributed by atoms with Crippen LogP contribution in [0.25, 0.3) is 0 Å². The van der Waals surface area contributed by atoms with Crippen LogP contribution in [0.5, 0.6) is 0 Å². The monoisotopic (exact) mass is 304 g/mol. The highest BCUT2D eigenvalue weighted by atomic mass is 19.1. The van der Waals surface area contributed by atoms with Crippen LogP contribution in [0.3, 0.4) is 0 Å². The van der Waals surface area contributed by atoms with E-state index in [1.165, 1.54) is 6.07 Å². The minimum atomic E-state index is -0.260. The summed E-state index contributed by atoms with van der Waals surface area (Å²) in [5.41, 5.74) is 0.684. The maximum Gasteiger partial charge on any atom is 0.241 e. The summed E-state index contributed by atoms with van der Waals surface area (Å²) in [6.45, 7) is 2.49. The molecule has 2 aliphatic heterocycles. The summed E-state index contributed by atoms with van der Waals surface area (Å²) in [7, 11) is 0. The fraction of sp³-hybridized carbons (Fsp3) is 0.471. The number of carbonyl (C=O) groups is 1. The van der Waals surface area contributed by atoms with Crippen LogP contribution in [0.1, 0.15) is 18.4 Å². The molecule has 1 saturated heterocycles. The van der Waals surface area contributed by atoms with Crippen molar-refractivity contribution < 1.29 is 13.9 Å². The predicted molar refractivity (Wildman–Crippen MR) is 82.1 cm³/mol. The van der Waals surface area contributed by atoms with E-state index < -0.39 is 0 Å². The van der Waals surface area contributed by atoms with Gasteiger partial charge in [-0.25, -0.2) is 4.39 Å². The van der Waals surface area contributed by atoms with Crippen molar-refractivity contribution in [3.8, 4) is 0 Å². The van der Waals surface area contributed by atoms with E-state index in [2.05, 4.69) is 10.6 Å². The Morgan fingerprint density at radius 3 is 2.91 bits per heavy atom. The molecule has 22 heavy (non-hydrogen) atoms. The lowest BCUT2D eigenvalue weighted by Gasteiger charge is -2.38. The van der Waals surface area contributed by atoms with Gasteiger partial charge in [-0.15, -0.1) is 0 Å². The number of benzene rings is 1. The molecule has 1 aromatic carbocycles. The third kappa shape index (κ3) is 3.20. The van der Waals surface area contributed by atoms with E-state index in [0.717, 1.165) is 24.9 Å². The van der Waals surface area contributed by atoms with Crippen LogP contribution in [0.2, 0.25) is 0 Å². The van der Waals surface area contributed by atoms with Gasteiger partial charge in [-0.1, -0.05) is 24.3 Å². The summed E-state index contributed by atoms with van der Waals surface area (Å²) < 4.78 is 19.1. The van der Waals surface area contributed by atoms with Crippen molar-refractivity contribution in [2.45, 2.75) is 24.3 Å². The number of carbonyl (C=O) groups excluding carboxylic acids is 1. The third-order valence-corrected chi connectivity index (χ3v) is 4.55. The minimum absolute atomic E-state index is 0.0315. The fourth-order valence-corrected chi connectivity index (χ4v) is 3.16. The number of ether oxygens (including phenoxy) is 1. The highest BCUT2D eigenvalue weighted by molar-refractivity contribution is 5.84. The van der Waals surface area contributed by atoms with Gasteiger partial charge in [0, 0.05) is 31.7 Å². The maximum absolute atomic E-state index is 13.6. The molecule has 1 atom stereocenters. The van der Waals surface area contributed by atoms with E-state index in [-0.39, 0.29) is 23.2 Å². The van der Waals surface area contributed by atoms with E-state index in [4.69, 9.17) is 4.74 Å². The number of hydrogen-bond donors (Lipinski definition) is 2. The van der Waals surface area contributed by atoms with Crippen molar-refractivity contribution in [3.05, 3.63) is 47.8 Å². The molecule has 2 heterocycles. The Morgan fingerprint density at radius 1 is 1.41 bits per heavy atom. The molecule has 0 radical (unpaired) electrons. The van der Waals surface area contributed by atoms with Crippen molar-refractivity contribution in [2.24, 2.45) is 0 Å². The molecule has 2 aliphatic rings. The summed E-state index contributed by atoms with van der Waals surface area (Å²) in [5.74, 6) is -0.272. The summed E-state index contributed by atoms with van der Waals surface area (Å²) >= 11 is 0. The predicted octanol–water partition coefficient (Wildman–Crippen LogP) is 1.52. The van der Waals surface area contributed by atoms with E-state index in [9.17, 15) is 9.18 Å². The zero-order valence-electron chi connectivity index (χ0n) is 12.5. The molecule has 0 unspecified atom stereocenters. The first-order valence-corrected chi connectivity index (χ1v) is 7.71. The van der Waals surface area contributed by atoms with Crippen molar-refractivity contribution in [3.63, 3.8) is 0 Å². The Hall–Kier alpha value is -1.72. The van der Waals surface area contributed by atoms with Crippen molar-refractivity contribution in [2.75, 3.05) is 26.3 Å². The van der Waals surface area contributed by atoms with Gasteiger partial charge in [0.2, 0.25) is 5.91 Å². The van der Waals surface area contributed by atoms with Crippen molar-refractivity contribution >= 4 is 5.91 Å². The summed E-state index contributed by atoms with van der Waals surface area (Å²) in [6, 6.07) is 6.43. The summed E-state index contributed by atoms with van der Waals surface area (Å²) in [4.78, 5) is 12.2. The number of rotatable bonds is 4. The number of amides is 1. The molecule has 5 heteroatoms. The van der Waals surface area contributed by atoms with Crippen LogP contribution in [-0.2, 0) is 14.9 Å². The SMILES string of the molecule is O=C(NCC1(c2cccc(F)c2)CCOCC1)[C@H]1C=CCN1. The van der Waals surface area contributed by atoms with Gasteiger partial charge in [-0.05, 0) is 30.5 Å². The standard InChI is InChI=1S/C17H21FN2O2/c18-14-4-1-3-13(11-14)17(6-9-22-10-7-17)12-20-16(21)15-5-2-8-19-15/h1-5,11,15,19H,6-10,12H2,(H,20,21)/t15-/m1/s1. The molecule has 3 rings (SSSR count). The average molecular weight is 304 g/mol. The smallest absolute Gasteiger partial charge is 0.241 e. The van der Waals surface area contributed by atoms with Crippen LogP contribution in [0, 0.1) is 5.82 Å². The lowest BCUT2D eigenvalue weighted by Crippen LogP contribution is -2.48. The van der Waals surface area contributed by atoms with Crippen molar-refractivity contribution in [1.29, 1.82) is 0 Å². The molecule has 1 aromatic rings. The minimum Gasteiger partial charge on any atom is -0.381 e. The first-order valence-electron chi connectivity index (χ1n) is 7.71. The highest BCUT2D eigenvalue weighted by Gasteiger charge is 2.35. The van der Waals surface area contributed by atoms with Gasteiger partial charge in [0.1, 0.15) is 11.9 Å². The van der Waals surface area contributed by atoms with Crippen LogP contribution < -0.4 is 10.6 Å². The molecule has 0 aromatic heterocycles. The van der Waals surface area contributed by atoms with E-state index in [0.29, 0.717) is 19.8 Å². The Kier molecular flexibility index (Phi) is 4.55. The molecular weight excluding hydrogens is 283 g/mol. The number of nitrogens with one attached hydrogen (secondary N) is 2. The average Bonchev–Trinajstić information content (AvgIpc) is 3.08. The second kappa shape index (κ2) is 6.58. The molecule has 0 aliphatic carbocycles. The van der Waals surface area contributed by atoms with Gasteiger partial charge in [0.15, 0.2) is 0 Å². The third-order valence-electron chi connectivity index (χ3n) is 4.55. The molecule has 118 valence electrons. The first kappa shape index (κ1) is 15.2. The normalized spacial score (nSPS) is 23.4. The van der Waals surface area contributed by atoms with Crippen LogP contribution >= 0.6 is 0 Å². The molecule has 0 spiro atoms. The Labute approximate surface area is 129 Å². The number of hydrogen-bond acceptors (Lipinski definition) is 3. The lowest BCUT2D eigenvalue weighted by molar-refractivity contribution is -0.122. The van der Waals surface area contributed by atoms with Crippen molar-refractivity contribution in [1.82, 2.24) is 10.6 Å². The second-order valence-corrected chi connectivity index (χ2v) is 5.93. The molecule has 0 bridgehead atoms. The Balaban J connectivity index is 1.74. The van der Waals surface area contributed by atoms with E-state index in [1.54, 1.807) is 12.1 Å². The van der Waals surface area contributed by atoms with Gasteiger partial charge in [0.05, 0.1) is 0 Å². The van der Waals surface area contributed by atoms with Gasteiger partial charge < -0.3 is 10.1 Å². The number of halogens is 1. The van der Waals surface area contributed by atoms with Crippen LogP contribution in [-0.4, -0.2) is 38.3 Å². The van der Waals surface area contributed by atoms with Gasteiger partial charge in [-0.3, -0.25) is 10.1 Å².